The molecule has 0 N–H and O–H groups in total. The Kier molecular flexibility index (Phi) is 4.73. The number of rotatable bonds is 3. The van der Waals surface area contributed by atoms with E-state index in [4.69, 9.17) is 16.3 Å². The number of carbonyl (C=O) groups is 1. The molecule has 0 atom stereocenters. The van der Waals surface area contributed by atoms with E-state index in [2.05, 4.69) is 0 Å². The summed E-state index contributed by atoms with van der Waals surface area (Å²) >= 11 is 6.27. The van der Waals surface area contributed by atoms with E-state index in [-0.39, 0.29) is 5.97 Å². The van der Waals surface area contributed by atoms with Crippen LogP contribution < -0.4 is 0 Å². The molecule has 1 aliphatic carbocycles. The van der Waals surface area contributed by atoms with Gasteiger partial charge in [0.2, 0.25) is 0 Å². The van der Waals surface area contributed by atoms with Crippen molar-refractivity contribution in [2.24, 2.45) is 0 Å². The average Bonchev–Trinajstić information content (AvgIpc) is 2.30. The zero-order valence-corrected chi connectivity index (χ0v) is 9.61. The Labute approximate surface area is 91.0 Å². The van der Waals surface area contributed by atoms with Gasteiger partial charge in [-0.3, -0.25) is 4.79 Å². The lowest BCUT2D eigenvalue weighted by Gasteiger charge is -2.25. The second-order valence-corrected chi connectivity index (χ2v) is 4.71. The standard InChI is InChI=1S/C11H19ClO2/c1-2-7-10(13)14-11(12)8-5-3-4-6-9-11/h2-9H2,1H3. The molecule has 0 aromatic carbocycles. The Bertz CT molecular complexity index is 184. The monoisotopic (exact) mass is 218 g/mol. The highest BCUT2D eigenvalue weighted by molar-refractivity contribution is 6.23. The van der Waals surface area contributed by atoms with Gasteiger partial charge in [0.1, 0.15) is 0 Å². The van der Waals surface area contributed by atoms with Gasteiger partial charge in [0.05, 0.1) is 0 Å². The topological polar surface area (TPSA) is 26.3 Å². The molecule has 0 amide bonds. The molecule has 2 nitrogen and oxygen atoms in total. The second kappa shape index (κ2) is 5.59. The molecule has 0 saturated heterocycles. The Morgan fingerprint density at radius 2 is 1.86 bits per heavy atom. The van der Waals surface area contributed by atoms with Crippen LogP contribution in [0.4, 0.5) is 0 Å². The van der Waals surface area contributed by atoms with Gasteiger partial charge in [-0.25, -0.2) is 0 Å². The molecule has 1 aliphatic rings. The van der Waals surface area contributed by atoms with E-state index in [0.29, 0.717) is 6.42 Å². The highest BCUT2D eigenvalue weighted by atomic mass is 35.5. The summed E-state index contributed by atoms with van der Waals surface area (Å²) < 4.78 is 5.33. The first-order valence-electron chi connectivity index (χ1n) is 5.57. The smallest absolute Gasteiger partial charge is 0.307 e. The van der Waals surface area contributed by atoms with Crippen LogP contribution >= 0.6 is 11.6 Å². The quantitative estimate of drug-likeness (QED) is 0.411. The van der Waals surface area contributed by atoms with Crippen molar-refractivity contribution < 1.29 is 9.53 Å². The van der Waals surface area contributed by atoms with Gasteiger partial charge in [-0.2, -0.15) is 0 Å². The van der Waals surface area contributed by atoms with Gasteiger partial charge in [0, 0.05) is 19.3 Å². The van der Waals surface area contributed by atoms with Crippen LogP contribution in [-0.4, -0.2) is 11.0 Å². The van der Waals surface area contributed by atoms with E-state index in [1.807, 2.05) is 6.92 Å². The molecular formula is C11H19ClO2. The number of ether oxygens (including phenoxy) is 1. The van der Waals surface area contributed by atoms with E-state index >= 15 is 0 Å². The fraction of sp³-hybridized carbons (Fsp3) is 0.909. The molecule has 1 fully saturated rings. The molecule has 0 aliphatic heterocycles. The van der Waals surface area contributed by atoms with Crippen LogP contribution in [-0.2, 0) is 9.53 Å². The Balaban J connectivity index is 2.41. The molecule has 82 valence electrons. The van der Waals surface area contributed by atoms with Gasteiger partial charge >= 0.3 is 5.97 Å². The van der Waals surface area contributed by atoms with Crippen molar-refractivity contribution in [3.8, 4) is 0 Å². The molecule has 0 heterocycles. The predicted octanol–water partition coefficient (Wildman–Crippen LogP) is 3.62. The minimum absolute atomic E-state index is 0.149. The molecule has 1 saturated carbocycles. The van der Waals surface area contributed by atoms with E-state index in [9.17, 15) is 4.79 Å². The first-order valence-corrected chi connectivity index (χ1v) is 5.95. The van der Waals surface area contributed by atoms with Gasteiger partial charge in [-0.15, -0.1) is 0 Å². The summed E-state index contributed by atoms with van der Waals surface area (Å²) in [6, 6.07) is 0. The van der Waals surface area contributed by atoms with E-state index in [1.54, 1.807) is 0 Å². The molecule has 0 bridgehead atoms. The van der Waals surface area contributed by atoms with Gasteiger partial charge < -0.3 is 4.74 Å². The van der Waals surface area contributed by atoms with Gasteiger partial charge in [-0.05, 0) is 19.3 Å². The molecule has 1 rings (SSSR count). The maximum Gasteiger partial charge on any atom is 0.307 e. The lowest BCUT2D eigenvalue weighted by Crippen LogP contribution is -2.28. The summed E-state index contributed by atoms with van der Waals surface area (Å²) in [5, 5.41) is -0.692. The number of esters is 1. The number of hydrogen-bond acceptors (Lipinski definition) is 2. The molecule has 0 unspecified atom stereocenters. The summed E-state index contributed by atoms with van der Waals surface area (Å²) in [4.78, 5) is 11.3. The van der Waals surface area contributed by atoms with Crippen molar-refractivity contribution in [1.82, 2.24) is 0 Å². The van der Waals surface area contributed by atoms with Crippen LogP contribution in [0, 0.1) is 0 Å². The first kappa shape index (κ1) is 11.8. The van der Waals surface area contributed by atoms with E-state index in [0.717, 1.165) is 32.1 Å². The Morgan fingerprint density at radius 1 is 1.29 bits per heavy atom. The zero-order valence-electron chi connectivity index (χ0n) is 8.85. The number of carbonyl (C=O) groups excluding carboxylic acids is 1. The lowest BCUT2D eigenvalue weighted by molar-refractivity contribution is -0.153. The van der Waals surface area contributed by atoms with Crippen LogP contribution in [0.5, 0.6) is 0 Å². The van der Waals surface area contributed by atoms with Crippen molar-refractivity contribution >= 4 is 17.6 Å². The van der Waals surface area contributed by atoms with Crippen LogP contribution in [0.25, 0.3) is 0 Å². The SMILES string of the molecule is CCCC(=O)OC1(Cl)CCCCCC1. The van der Waals surface area contributed by atoms with Crippen molar-refractivity contribution in [3.05, 3.63) is 0 Å². The minimum atomic E-state index is -0.692. The third-order valence-electron chi connectivity index (χ3n) is 2.60. The first-order chi connectivity index (χ1) is 6.66. The van der Waals surface area contributed by atoms with Crippen molar-refractivity contribution in [3.63, 3.8) is 0 Å². The van der Waals surface area contributed by atoms with Gasteiger partial charge in [0.15, 0.2) is 5.06 Å². The van der Waals surface area contributed by atoms with Crippen LogP contribution in [0.3, 0.4) is 0 Å². The summed E-state index contributed by atoms with van der Waals surface area (Å²) in [6.45, 7) is 1.97. The normalized spacial score (nSPS) is 21.3. The van der Waals surface area contributed by atoms with Gasteiger partial charge in [0.25, 0.3) is 0 Å². The zero-order chi connectivity index (χ0) is 10.4. The third-order valence-corrected chi connectivity index (χ3v) is 3.06. The molecule has 0 aromatic heterocycles. The number of halogens is 1. The largest absolute Gasteiger partial charge is 0.443 e. The predicted molar refractivity (Wildman–Crippen MR) is 57.3 cm³/mol. The summed E-state index contributed by atoms with van der Waals surface area (Å²) in [6.07, 6.45) is 7.49. The fourth-order valence-electron chi connectivity index (χ4n) is 1.82. The van der Waals surface area contributed by atoms with Crippen molar-refractivity contribution in [1.29, 1.82) is 0 Å². The maximum absolute atomic E-state index is 11.3. The summed E-state index contributed by atoms with van der Waals surface area (Å²) in [7, 11) is 0. The molecule has 0 aromatic rings. The van der Waals surface area contributed by atoms with Gasteiger partial charge in [-0.1, -0.05) is 31.4 Å². The number of alkyl halides is 1. The molecule has 14 heavy (non-hydrogen) atoms. The van der Waals surface area contributed by atoms with Crippen molar-refractivity contribution in [2.45, 2.75) is 63.4 Å². The molecule has 0 radical (unpaired) electrons. The van der Waals surface area contributed by atoms with Crippen LogP contribution in [0.15, 0.2) is 0 Å². The molecule has 0 spiro atoms. The number of hydrogen-bond donors (Lipinski definition) is 0. The highest BCUT2D eigenvalue weighted by Gasteiger charge is 2.31. The molecular weight excluding hydrogens is 200 g/mol. The third kappa shape index (κ3) is 3.87. The molecule has 3 heteroatoms. The van der Waals surface area contributed by atoms with Crippen molar-refractivity contribution in [2.75, 3.05) is 0 Å². The maximum atomic E-state index is 11.3. The Hall–Kier alpha value is -0.240. The summed E-state index contributed by atoms with van der Waals surface area (Å²) in [5.41, 5.74) is 0. The van der Waals surface area contributed by atoms with E-state index in [1.165, 1.54) is 12.8 Å². The summed E-state index contributed by atoms with van der Waals surface area (Å²) in [5.74, 6) is -0.149. The van der Waals surface area contributed by atoms with Crippen LogP contribution in [0.2, 0.25) is 0 Å². The Morgan fingerprint density at radius 3 is 2.36 bits per heavy atom. The lowest BCUT2D eigenvalue weighted by atomic mass is 10.1. The van der Waals surface area contributed by atoms with E-state index < -0.39 is 5.06 Å². The minimum Gasteiger partial charge on any atom is -0.443 e. The van der Waals surface area contributed by atoms with Crippen LogP contribution in [0.1, 0.15) is 58.3 Å². The average molecular weight is 219 g/mol. The second-order valence-electron chi connectivity index (χ2n) is 4.02. The fourth-order valence-corrected chi connectivity index (χ4v) is 2.17. The highest BCUT2D eigenvalue weighted by Crippen LogP contribution is 2.34.